The number of aromatic amines is 1. The van der Waals surface area contributed by atoms with Crippen LogP contribution >= 0.6 is 11.3 Å². The molecule has 0 radical (unpaired) electrons. The highest BCUT2D eigenvalue weighted by Gasteiger charge is 2.12. The second-order valence-electron chi connectivity index (χ2n) is 7.24. The number of fused-ring (bicyclic) bond motifs is 3. The minimum Gasteiger partial charge on any atom is -0.308 e. The Morgan fingerprint density at radius 2 is 2.04 bits per heavy atom. The van der Waals surface area contributed by atoms with E-state index in [1.807, 2.05) is 37.2 Å². The van der Waals surface area contributed by atoms with Gasteiger partial charge in [-0.1, -0.05) is 11.8 Å². The first-order valence-corrected chi connectivity index (χ1v) is 8.68. The topological polar surface area (TPSA) is 49.0 Å². The van der Waals surface area contributed by atoms with Gasteiger partial charge in [0, 0.05) is 21.1 Å². The summed E-state index contributed by atoms with van der Waals surface area (Å²) in [5.41, 5.74) is 1.61. The summed E-state index contributed by atoms with van der Waals surface area (Å²) in [5.74, 6) is 7.16. The van der Waals surface area contributed by atoms with Crippen LogP contribution in [0.1, 0.15) is 32.2 Å². The van der Waals surface area contributed by atoms with E-state index >= 15 is 0 Å². The Labute approximate surface area is 145 Å². The van der Waals surface area contributed by atoms with E-state index in [0.29, 0.717) is 17.1 Å². The summed E-state index contributed by atoms with van der Waals surface area (Å²) < 4.78 is 1.74. The summed E-state index contributed by atoms with van der Waals surface area (Å²) in [6.45, 7) is 6.87. The Balaban J connectivity index is 2.20. The van der Waals surface area contributed by atoms with E-state index in [1.165, 1.54) is 11.3 Å². The third-order valence-corrected chi connectivity index (χ3v) is 4.58. The highest BCUT2D eigenvalue weighted by molar-refractivity contribution is 7.25. The highest BCUT2D eigenvalue weighted by Crippen LogP contribution is 2.31. The average Bonchev–Trinajstić information content (AvgIpc) is 2.82. The number of nitrogens with zero attached hydrogens (tertiary/aromatic N) is 2. The summed E-state index contributed by atoms with van der Waals surface area (Å²) in [5, 5.41) is 1.00. The van der Waals surface area contributed by atoms with Crippen LogP contribution in [0.25, 0.3) is 20.3 Å². The van der Waals surface area contributed by atoms with Gasteiger partial charge in [-0.05, 0) is 53.1 Å². The minimum atomic E-state index is -0.0691. The standard InChI is InChI=1S/C19H21N3OS/c1-19(2,3)9-8-12-6-7-14-13(10-12)16-17(24-14)18(23)21-15(20-16)11-22(4)5/h6-7,10H,11H2,1-5H3,(H,20,21,23). The Morgan fingerprint density at radius 3 is 2.71 bits per heavy atom. The number of H-pyrrole nitrogens is 1. The Hall–Kier alpha value is -2.16. The van der Waals surface area contributed by atoms with E-state index in [9.17, 15) is 4.79 Å². The van der Waals surface area contributed by atoms with E-state index in [4.69, 9.17) is 0 Å². The fourth-order valence-electron chi connectivity index (χ4n) is 2.41. The molecule has 3 aromatic rings. The molecule has 1 N–H and O–H groups in total. The molecule has 2 heterocycles. The Kier molecular flexibility index (Phi) is 4.20. The van der Waals surface area contributed by atoms with Crippen molar-refractivity contribution in [1.82, 2.24) is 14.9 Å². The van der Waals surface area contributed by atoms with Crippen molar-refractivity contribution in [3.8, 4) is 11.8 Å². The Morgan fingerprint density at radius 1 is 1.29 bits per heavy atom. The predicted octanol–water partition coefficient (Wildman–Crippen LogP) is 3.60. The zero-order chi connectivity index (χ0) is 17.5. The average molecular weight is 339 g/mol. The van der Waals surface area contributed by atoms with Crippen LogP contribution in [0.4, 0.5) is 0 Å². The van der Waals surface area contributed by atoms with Gasteiger partial charge in [0.25, 0.3) is 5.56 Å². The second kappa shape index (κ2) is 6.04. The summed E-state index contributed by atoms with van der Waals surface area (Å²) in [6.07, 6.45) is 0. The smallest absolute Gasteiger partial charge is 0.268 e. The van der Waals surface area contributed by atoms with E-state index in [-0.39, 0.29) is 11.0 Å². The maximum absolute atomic E-state index is 12.4. The number of nitrogens with one attached hydrogen (secondary N) is 1. The van der Waals surface area contributed by atoms with E-state index in [1.54, 1.807) is 0 Å². The molecule has 1 aromatic carbocycles. The van der Waals surface area contributed by atoms with Crippen LogP contribution in [0.3, 0.4) is 0 Å². The molecule has 0 aliphatic rings. The van der Waals surface area contributed by atoms with Gasteiger partial charge in [-0.3, -0.25) is 4.79 Å². The molecule has 0 saturated carbocycles. The van der Waals surface area contributed by atoms with Crippen LogP contribution in [0.2, 0.25) is 0 Å². The zero-order valence-electron chi connectivity index (χ0n) is 14.7. The quantitative estimate of drug-likeness (QED) is 0.726. The molecule has 0 spiro atoms. The number of thiophene rings is 1. The van der Waals surface area contributed by atoms with E-state index < -0.39 is 0 Å². The number of benzene rings is 1. The molecule has 0 fully saturated rings. The molecule has 124 valence electrons. The predicted molar refractivity (Wildman–Crippen MR) is 101 cm³/mol. The van der Waals surface area contributed by atoms with Crippen molar-refractivity contribution in [3.63, 3.8) is 0 Å². The normalized spacial score (nSPS) is 11.9. The van der Waals surface area contributed by atoms with Gasteiger partial charge in [-0.2, -0.15) is 0 Å². The molecule has 0 amide bonds. The summed E-state index contributed by atoms with van der Waals surface area (Å²) in [7, 11) is 3.91. The number of aromatic nitrogens is 2. The summed E-state index contributed by atoms with van der Waals surface area (Å²) in [4.78, 5) is 21.9. The van der Waals surface area contributed by atoms with E-state index in [2.05, 4.69) is 42.6 Å². The van der Waals surface area contributed by atoms with Gasteiger partial charge in [-0.15, -0.1) is 11.3 Å². The monoisotopic (exact) mass is 339 g/mol. The highest BCUT2D eigenvalue weighted by atomic mass is 32.1. The Bertz CT molecular complexity index is 1030. The lowest BCUT2D eigenvalue weighted by Gasteiger charge is -2.08. The molecule has 0 atom stereocenters. The third-order valence-electron chi connectivity index (χ3n) is 3.42. The lowest BCUT2D eigenvalue weighted by Crippen LogP contribution is -2.17. The van der Waals surface area contributed by atoms with Crippen molar-refractivity contribution in [2.45, 2.75) is 27.3 Å². The van der Waals surface area contributed by atoms with Crippen molar-refractivity contribution in [2.75, 3.05) is 14.1 Å². The maximum Gasteiger partial charge on any atom is 0.268 e. The maximum atomic E-state index is 12.4. The van der Waals surface area contributed by atoms with Crippen molar-refractivity contribution in [2.24, 2.45) is 5.41 Å². The van der Waals surface area contributed by atoms with Crippen LogP contribution in [-0.2, 0) is 6.54 Å². The van der Waals surface area contributed by atoms with Crippen LogP contribution in [0.15, 0.2) is 23.0 Å². The van der Waals surface area contributed by atoms with Gasteiger partial charge in [0.05, 0.1) is 12.1 Å². The first-order valence-electron chi connectivity index (χ1n) is 7.86. The molecule has 0 unspecified atom stereocenters. The largest absolute Gasteiger partial charge is 0.308 e. The molecule has 5 heteroatoms. The summed E-state index contributed by atoms with van der Waals surface area (Å²) >= 11 is 1.48. The first-order chi connectivity index (χ1) is 11.2. The molecule has 2 aromatic heterocycles. The van der Waals surface area contributed by atoms with Crippen LogP contribution in [-0.4, -0.2) is 29.0 Å². The van der Waals surface area contributed by atoms with E-state index in [0.717, 1.165) is 21.2 Å². The van der Waals surface area contributed by atoms with Gasteiger partial charge in [0.2, 0.25) is 0 Å². The fourth-order valence-corrected chi connectivity index (χ4v) is 3.43. The number of hydrogen-bond acceptors (Lipinski definition) is 4. The van der Waals surface area contributed by atoms with Gasteiger partial charge < -0.3 is 9.88 Å². The molecular formula is C19H21N3OS. The van der Waals surface area contributed by atoms with Crippen LogP contribution in [0, 0.1) is 17.3 Å². The lowest BCUT2D eigenvalue weighted by molar-refractivity contribution is 0.390. The van der Waals surface area contributed by atoms with Gasteiger partial charge >= 0.3 is 0 Å². The van der Waals surface area contributed by atoms with Crippen molar-refractivity contribution in [1.29, 1.82) is 0 Å². The zero-order valence-corrected chi connectivity index (χ0v) is 15.5. The molecule has 3 rings (SSSR count). The van der Waals surface area contributed by atoms with Crippen molar-refractivity contribution >= 4 is 31.6 Å². The third kappa shape index (κ3) is 3.50. The molecule has 24 heavy (non-hydrogen) atoms. The van der Waals surface area contributed by atoms with Crippen molar-refractivity contribution in [3.05, 3.63) is 39.9 Å². The molecule has 0 aliphatic carbocycles. The van der Waals surface area contributed by atoms with Gasteiger partial charge in [0.1, 0.15) is 10.5 Å². The molecule has 0 aliphatic heterocycles. The first kappa shape index (κ1) is 16.7. The molecule has 0 saturated heterocycles. The minimum absolute atomic E-state index is 0.0417. The van der Waals surface area contributed by atoms with Gasteiger partial charge in [0.15, 0.2) is 0 Å². The SMILES string of the molecule is CN(C)Cc1nc2c(sc3ccc(C#CC(C)(C)C)cc32)c(=O)[nH]1. The van der Waals surface area contributed by atoms with Crippen LogP contribution in [0.5, 0.6) is 0 Å². The summed E-state index contributed by atoms with van der Waals surface area (Å²) in [6, 6.07) is 6.07. The van der Waals surface area contributed by atoms with Crippen molar-refractivity contribution < 1.29 is 0 Å². The number of hydrogen-bond donors (Lipinski definition) is 1. The molecular weight excluding hydrogens is 318 g/mol. The second-order valence-corrected chi connectivity index (χ2v) is 8.29. The van der Waals surface area contributed by atoms with Gasteiger partial charge in [-0.25, -0.2) is 4.98 Å². The van der Waals surface area contributed by atoms with Crippen LogP contribution < -0.4 is 5.56 Å². The molecule has 4 nitrogen and oxygen atoms in total. The lowest BCUT2D eigenvalue weighted by atomic mass is 9.97. The molecule has 0 bridgehead atoms. The number of rotatable bonds is 2. The fraction of sp³-hybridized carbons (Fsp3) is 0.368.